The molecule has 0 aliphatic carbocycles. The van der Waals surface area contributed by atoms with Crippen molar-refractivity contribution in [3.05, 3.63) is 65.2 Å². The highest BCUT2D eigenvalue weighted by atomic mass is 16.2. The van der Waals surface area contributed by atoms with E-state index in [1.165, 1.54) is 12.1 Å². The predicted octanol–water partition coefficient (Wildman–Crippen LogP) is 2.49. The Bertz CT molecular complexity index is 813. The quantitative estimate of drug-likeness (QED) is 0.743. The second-order valence-electron chi connectivity index (χ2n) is 6.44. The molecule has 0 bridgehead atoms. The fraction of sp³-hybridized carbons (Fsp3) is 0.250. The second kappa shape index (κ2) is 8.29. The van der Waals surface area contributed by atoms with Crippen LogP contribution in [-0.2, 0) is 4.79 Å². The highest BCUT2D eigenvalue weighted by Crippen LogP contribution is 2.13. The van der Waals surface area contributed by atoms with Crippen LogP contribution in [-0.4, -0.2) is 23.8 Å². The van der Waals surface area contributed by atoms with Crippen LogP contribution in [0.3, 0.4) is 0 Å². The van der Waals surface area contributed by atoms with Gasteiger partial charge in [-0.15, -0.1) is 0 Å². The van der Waals surface area contributed by atoms with Gasteiger partial charge in [0.15, 0.2) is 0 Å². The number of carbonyl (C=O) groups is 3. The average molecular weight is 353 g/mol. The minimum Gasteiger partial charge on any atom is -0.366 e. The Kier molecular flexibility index (Phi) is 6.11. The summed E-state index contributed by atoms with van der Waals surface area (Å²) in [6.45, 7) is 5.57. The zero-order chi connectivity index (χ0) is 19.3. The van der Waals surface area contributed by atoms with Crippen molar-refractivity contribution in [1.29, 1.82) is 0 Å². The number of anilines is 1. The van der Waals surface area contributed by atoms with Crippen molar-refractivity contribution < 1.29 is 14.4 Å². The molecule has 0 saturated heterocycles. The molecule has 2 aromatic rings. The van der Waals surface area contributed by atoms with Crippen LogP contribution in [0, 0.1) is 12.8 Å². The lowest BCUT2D eigenvalue weighted by atomic mass is 10.0. The lowest BCUT2D eigenvalue weighted by Gasteiger charge is -2.22. The van der Waals surface area contributed by atoms with Crippen LogP contribution >= 0.6 is 0 Å². The molecule has 26 heavy (non-hydrogen) atoms. The SMILES string of the molecule is Cc1ccccc1C(=O)NC(C(=O)Nc1ccc(C(N)=O)cc1)C(C)C. The number of primary amides is 1. The lowest BCUT2D eigenvalue weighted by molar-refractivity contribution is -0.118. The van der Waals surface area contributed by atoms with Crippen LogP contribution in [0.2, 0.25) is 0 Å². The number of rotatable bonds is 6. The molecule has 0 heterocycles. The summed E-state index contributed by atoms with van der Waals surface area (Å²) >= 11 is 0. The number of hydrogen-bond acceptors (Lipinski definition) is 3. The number of hydrogen-bond donors (Lipinski definition) is 3. The summed E-state index contributed by atoms with van der Waals surface area (Å²) < 4.78 is 0. The van der Waals surface area contributed by atoms with Gasteiger partial charge in [0.05, 0.1) is 0 Å². The molecule has 1 unspecified atom stereocenters. The predicted molar refractivity (Wildman–Crippen MR) is 101 cm³/mol. The van der Waals surface area contributed by atoms with E-state index in [9.17, 15) is 14.4 Å². The Labute approximate surface area is 152 Å². The summed E-state index contributed by atoms with van der Waals surface area (Å²) in [5, 5.41) is 5.55. The molecule has 0 saturated carbocycles. The monoisotopic (exact) mass is 353 g/mol. The summed E-state index contributed by atoms with van der Waals surface area (Å²) in [6.07, 6.45) is 0. The van der Waals surface area contributed by atoms with E-state index >= 15 is 0 Å². The minimum absolute atomic E-state index is 0.104. The standard InChI is InChI=1S/C20H23N3O3/c1-12(2)17(23-19(25)16-7-5-4-6-13(16)3)20(26)22-15-10-8-14(9-11-15)18(21)24/h4-12,17H,1-3H3,(H2,21,24)(H,22,26)(H,23,25). The molecule has 6 nitrogen and oxygen atoms in total. The fourth-order valence-electron chi connectivity index (χ4n) is 2.52. The smallest absolute Gasteiger partial charge is 0.252 e. The van der Waals surface area contributed by atoms with Gasteiger partial charge in [-0.3, -0.25) is 14.4 Å². The van der Waals surface area contributed by atoms with Crippen LogP contribution in [0.15, 0.2) is 48.5 Å². The normalized spacial score (nSPS) is 11.7. The van der Waals surface area contributed by atoms with Gasteiger partial charge in [0.25, 0.3) is 5.91 Å². The minimum atomic E-state index is -0.696. The number of carbonyl (C=O) groups excluding carboxylic acids is 3. The zero-order valence-corrected chi connectivity index (χ0v) is 15.1. The van der Waals surface area contributed by atoms with E-state index in [-0.39, 0.29) is 17.7 Å². The molecule has 3 amide bonds. The second-order valence-corrected chi connectivity index (χ2v) is 6.44. The van der Waals surface area contributed by atoms with Crippen LogP contribution in [0.25, 0.3) is 0 Å². The van der Waals surface area contributed by atoms with E-state index in [2.05, 4.69) is 10.6 Å². The van der Waals surface area contributed by atoms with Crippen molar-refractivity contribution >= 4 is 23.4 Å². The largest absolute Gasteiger partial charge is 0.366 e. The first-order valence-electron chi connectivity index (χ1n) is 8.37. The number of aryl methyl sites for hydroxylation is 1. The molecular formula is C20H23N3O3. The molecular weight excluding hydrogens is 330 g/mol. The maximum atomic E-state index is 12.6. The van der Waals surface area contributed by atoms with Gasteiger partial charge in [0, 0.05) is 16.8 Å². The van der Waals surface area contributed by atoms with Crippen molar-refractivity contribution in [2.75, 3.05) is 5.32 Å². The Morgan fingerprint density at radius 2 is 1.58 bits per heavy atom. The van der Waals surface area contributed by atoms with Crippen LogP contribution < -0.4 is 16.4 Å². The fourth-order valence-corrected chi connectivity index (χ4v) is 2.52. The van der Waals surface area contributed by atoms with Gasteiger partial charge < -0.3 is 16.4 Å². The van der Waals surface area contributed by atoms with E-state index in [1.807, 2.05) is 32.9 Å². The first kappa shape index (κ1) is 19.2. The summed E-state index contributed by atoms with van der Waals surface area (Å²) in [4.78, 5) is 36.2. The molecule has 0 spiro atoms. The molecule has 136 valence electrons. The highest BCUT2D eigenvalue weighted by molar-refractivity contribution is 6.02. The van der Waals surface area contributed by atoms with Crippen LogP contribution in [0.5, 0.6) is 0 Å². The number of nitrogens with one attached hydrogen (secondary N) is 2. The Hall–Kier alpha value is -3.15. The molecule has 0 radical (unpaired) electrons. The number of benzene rings is 2. The van der Waals surface area contributed by atoms with E-state index in [0.717, 1.165) is 5.56 Å². The lowest BCUT2D eigenvalue weighted by Crippen LogP contribution is -2.47. The van der Waals surface area contributed by atoms with Gasteiger partial charge in [-0.25, -0.2) is 0 Å². The third-order valence-corrected chi connectivity index (χ3v) is 4.06. The Morgan fingerprint density at radius 1 is 0.962 bits per heavy atom. The van der Waals surface area contributed by atoms with Gasteiger partial charge in [0.1, 0.15) is 6.04 Å². The van der Waals surface area contributed by atoms with E-state index in [0.29, 0.717) is 16.8 Å². The third kappa shape index (κ3) is 4.69. The van der Waals surface area contributed by atoms with Crippen LogP contribution in [0.4, 0.5) is 5.69 Å². The van der Waals surface area contributed by atoms with Gasteiger partial charge in [-0.1, -0.05) is 32.0 Å². The van der Waals surface area contributed by atoms with Gasteiger partial charge in [-0.05, 0) is 48.7 Å². The van der Waals surface area contributed by atoms with Gasteiger partial charge in [-0.2, -0.15) is 0 Å². The number of amides is 3. The first-order chi connectivity index (χ1) is 12.3. The summed E-state index contributed by atoms with van der Waals surface area (Å²) in [7, 11) is 0. The van der Waals surface area contributed by atoms with Crippen molar-refractivity contribution in [2.24, 2.45) is 11.7 Å². The Morgan fingerprint density at radius 3 is 2.12 bits per heavy atom. The van der Waals surface area contributed by atoms with Gasteiger partial charge >= 0.3 is 0 Å². The molecule has 0 aliphatic rings. The van der Waals surface area contributed by atoms with Crippen molar-refractivity contribution in [3.63, 3.8) is 0 Å². The zero-order valence-electron chi connectivity index (χ0n) is 15.1. The molecule has 0 aliphatic heterocycles. The van der Waals surface area contributed by atoms with Crippen LogP contribution in [0.1, 0.15) is 40.1 Å². The first-order valence-corrected chi connectivity index (χ1v) is 8.37. The molecule has 4 N–H and O–H groups in total. The van der Waals surface area contributed by atoms with E-state index in [1.54, 1.807) is 24.3 Å². The molecule has 0 aromatic heterocycles. The van der Waals surface area contributed by atoms with Crippen molar-refractivity contribution in [2.45, 2.75) is 26.8 Å². The van der Waals surface area contributed by atoms with Crippen molar-refractivity contribution in [3.8, 4) is 0 Å². The van der Waals surface area contributed by atoms with E-state index in [4.69, 9.17) is 5.73 Å². The third-order valence-electron chi connectivity index (χ3n) is 4.06. The summed E-state index contributed by atoms with van der Waals surface area (Å²) in [6, 6.07) is 12.8. The molecule has 0 fully saturated rings. The maximum Gasteiger partial charge on any atom is 0.252 e. The van der Waals surface area contributed by atoms with E-state index < -0.39 is 11.9 Å². The molecule has 2 aromatic carbocycles. The maximum absolute atomic E-state index is 12.6. The Balaban J connectivity index is 2.11. The molecule has 1 atom stereocenters. The molecule has 2 rings (SSSR count). The highest BCUT2D eigenvalue weighted by Gasteiger charge is 2.25. The summed E-state index contributed by atoms with van der Waals surface area (Å²) in [5.74, 6) is -1.25. The van der Waals surface area contributed by atoms with Crippen molar-refractivity contribution in [1.82, 2.24) is 5.32 Å². The average Bonchev–Trinajstić information content (AvgIpc) is 2.59. The summed E-state index contributed by atoms with van der Waals surface area (Å²) in [5.41, 5.74) is 7.46. The molecule has 6 heteroatoms. The number of nitrogens with two attached hydrogens (primary N) is 1. The van der Waals surface area contributed by atoms with Gasteiger partial charge in [0.2, 0.25) is 11.8 Å². The topological polar surface area (TPSA) is 101 Å².